The predicted octanol–water partition coefficient (Wildman–Crippen LogP) is 2.07. The van der Waals surface area contributed by atoms with Crippen molar-refractivity contribution in [2.24, 2.45) is 0 Å². The van der Waals surface area contributed by atoms with Crippen molar-refractivity contribution in [1.82, 2.24) is 5.32 Å². The van der Waals surface area contributed by atoms with Crippen LogP contribution in [-0.4, -0.2) is 38.7 Å². The largest absolute Gasteiger partial charge is 0.373 e. The average molecular weight is 229 g/mol. The van der Waals surface area contributed by atoms with Gasteiger partial charge in [0.1, 0.15) is 6.61 Å². The molecule has 0 amide bonds. The highest BCUT2D eigenvalue weighted by Crippen LogP contribution is 2.22. The summed E-state index contributed by atoms with van der Waals surface area (Å²) in [5, 5.41) is 2.76. The zero-order valence-electron chi connectivity index (χ0n) is 8.70. The van der Waals surface area contributed by atoms with E-state index in [4.69, 9.17) is 0 Å². The molecular formula is C9H15F4NO. The van der Waals surface area contributed by atoms with E-state index >= 15 is 0 Å². The highest BCUT2D eigenvalue weighted by atomic mass is 19.3. The Morgan fingerprint density at radius 3 is 2.33 bits per heavy atom. The molecule has 2 nitrogen and oxygen atoms in total. The number of ether oxygens (including phenoxy) is 1. The van der Waals surface area contributed by atoms with Crippen LogP contribution < -0.4 is 5.32 Å². The van der Waals surface area contributed by atoms with Gasteiger partial charge in [0, 0.05) is 0 Å². The lowest BCUT2D eigenvalue weighted by atomic mass is 10.2. The van der Waals surface area contributed by atoms with Gasteiger partial charge in [-0.3, -0.25) is 0 Å². The van der Waals surface area contributed by atoms with Crippen LogP contribution in [0.3, 0.4) is 0 Å². The summed E-state index contributed by atoms with van der Waals surface area (Å²) in [7, 11) is 1.61. The van der Waals surface area contributed by atoms with E-state index in [1.165, 1.54) is 0 Å². The first-order valence-corrected chi connectivity index (χ1v) is 4.37. The molecule has 0 aliphatic heterocycles. The van der Waals surface area contributed by atoms with Crippen molar-refractivity contribution in [3.8, 4) is 0 Å². The molecule has 0 heterocycles. The van der Waals surface area contributed by atoms with Crippen molar-refractivity contribution in [3.63, 3.8) is 0 Å². The van der Waals surface area contributed by atoms with Crippen LogP contribution >= 0.6 is 0 Å². The minimum Gasteiger partial charge on any atom is -0.373 e. The maximum absolute atomic E-state index is 12.4. The third-order valence-corrected chi connectivity index (χ3v) is 1.84. The predicted molar refractivity (Wildman–Crippen MR) is 49.4 cm³/mol. The SMILES string of the molecule is C=C(C)C(COCC(F)(F)C(F)F)NC. The summed E-state index contributed by atoms with van der Waals surface area (Å²) in [6.45, 7) is 3.90. The van der Waals surface area contributed by atoms with E-state index in [0.717, 1.165) is 0 Å². The molecular weight excluding hydrogens is 214 g/mol. The maximum Gasteiger partial charge on any atom is 0.330 e. The molecule has 1 N–H and O–H groups in total. The second kappa shape index (κ2) is 6.07. The summed E-state index contributed by atoms with van der Waals surface area (Å²) in [5.74, 6) is -4.09. The van der Waals surface area contributed by atoms with Crippen molar-refractivity contribution in [2.45, 2.75) is 25.3 Å². The number of rotatable bonds is 7. The number of alkyl halides is 4. The number of nitrogens with one attached hydrogen (secondary N) is 1. The quantitative estimate of drug-likeness (QED) is 0.533. The van der Waals surface area contributed by atoms with Crippen molar-refractivity contribution < 1.29 is 22.3 Å². The van der Waals surface area contributed by atoms with E-state index in [1.807, 2.05) is 0 Å². The third kappa shape index (κ3) is 5.13. The van der Waals surface area contributed by atoms with Crippen LogP contribution in [0.5, 0.6) is 0 Å². The van der Waals surface area contributed by atoms with Crippen molar-refractivity contribution in [1.29, 1.82) is 0 Å². The molecule has 0 aromatic carbocycles. The van der Waals surface area contributed by atoms with E-state index in [0.29, 0.717) is 5.57 Å². The Balaban J connectivity index is 3.92. The molecule has 0 aromatic rings. The molecule has 0 saturated heterocycles. The van der Waals surface area contributed by atoms with Crippen LogP contribution in [0, 0.1) is 0 Å². The molecule has 0 radical (unpaired) electrons. The molecule has 0 fully saturated rings. The lowest BCUT2D eigenvalue weighted by Crippen LogP contribution is -2.36. The van der Waals surface area contributed by atoms with Gasteiger partial charge in [0.2, 0.25) is 0 Å². The number of hydrogen-bond acceptors (Lipinski definition) is 2. The van der Waals surface area contributed by atoms with Gasteiger partial charge in [-0.1, -0.05) is 12.2 Å². The van der Waals surface area contributed by atoms with Gasteiger partial charge in [-0.05, 0) is 14.0 Å². The van der Waals surface area contributed by atoms with Crippen LogP contribution in [-0.2, 0) is 4.74 Å². The highest BCUT2D eigenvalue weighted by Gasteiger charge is 2.41. The molecule has 0 saturated carbocycles. The zero-order valence-corrected chi connectivity index (χ0v) is 8.70. The summed E-state index contributed by atoms with van der Waals surface area (Å²) in [6.07, 6.45) is -3.70. The Morgan fingerprint density at radius 2 is 2.00 bits per heavy atom. The summed E-state index contributed by atoms with van der Waals surface area (Å²) in [4.78, 5) is 0. The topological polar surface area (TPSA) is 21.3 Å². The van der Waals surface area contributed by atoms with Crippen molar-refractivity contribution in [2.75, 3.05) is 20.3 Å². The molecule has 90 valence electrons. The first-order chi connectivity index (χ1) is 6.81. The van der Waals surface area contributed by atoms with Gasteiger partial charge in [-0.15, -0.1) is 0 Å². The van der Waals surface area contributed by atoms with Gasteiger partial charge < -0.3 is 10.1 Å². The van der Waals surface area contributed by atoms with Gasteiger partial charge in [-0.2, -0.15) is 8.78 Å². The fourth-order valence-corrected chi connectivity index (χ4v) is 0.848. The molecule has 1 atom stereocenters. The fraction of sp³-hybridized carbons (Fsp3) is 0.778. The van der Waals surface area contributed by atoms with Crippen LogP contribution in [0.4, 0.5) is 17.6 Å². The van der Waals surface area contributed by atoms with E-state index < -0.39 is 19.0 Å². The molecule has 0 spiro atoms. The van der Waals surface area contributed by atoms with Crippen molar-refractivity contribution in [3.05, 3.63) is 12.2 Å². The number of likely N-dealkylation sites (N-methyl/N-ethyl adjacent to an activating group) is 1. The Hall–Kier alpha value is -0.620. The summed E-state index contributed by atoms with van der Waals surface area (Å²) < 4.78 is 52.7. The van der Waals surface area contributed by atoms with Gasteiger partial charge in [-0.25, -0.2) is 8.78 Å². The first-order valence-electron chi connectivity index (χ1n) is 4.37. The molecule has 0 bridgehead atoms. The van der Waals surface area contributed by atoms with Gasteiger partial charge in [0.05, 0.1) is 12.6 Å². The monoisotopic (exact) mass is 229 g/mol. The standard InChI is InChI=1S/C9H15F4NO/c1-6(2)7(14-3)4-15-5-9(12,13)8(10)11/h7-8,14H,1,4-5H2,2-3H3. The molecule has 0 aliphatic rings. The molecule has 15 heavy (non-hydrogen) atoms. The van der Waals surface area contributed by atoms with E-state index in [-0.39, 0.29) is 12.6 Å². The molecule has 0 rings (SSSR count). The second-order valence-corrected chi connectivity index (χ2v) is 3.26. The summed E-state index contributed by atoms with van der Waals surface area (Å²) in [5.41, 5.74) is 0.692. The fourth-order valence-electron chi connectivity index (χ4n) is 0.848. The van der Waals surface area contributed by atoms with Crippen LogP contribution in [0.25, 0.3) is 0 Å². The number of hydrogen-bond donors (Lipinski definition) is 1. The molecule has 6 heteroatoms. The number of halogens is 4. The Morgan fingerprint density at radius 1 is 1.47 bits per heavy atom. The Bertz CT molecular complexity index is 208. The van der Waals surface area contributed by atoms with E-state index in [1.54, 1.807) is 14.0 Å². The lowest BCUT2D eigenvalue weighted by molar-refractivity contribution is -0.166. The Labute approximate surface area is 86.3 Å². The zero-order chi connectivity index (χ0) is 12.1. The van der Waals surface area contributed by atoms with Gasteiger partial charge in [0.25, 0.3) is 0 Å². The van der Waals surface area contributed by atoms with Crippen molar-refractivity contribution >= 4 is 0 Å². The third-order valence-electron chi connectivity index (χ3n) is 1.84. The second-order valence-electron chi connectivity index (χ2n) is 3.26. The van der Waals surface area contributed by atoms with Gasteiger partial charge >= 0.3 is 12.3 Å². The lowest BCUT2D eigenvalue weighted by Gasteiger charge is -2.19. The highest BCUT2D eigenvalue weighted by molar-refractivity contribution is 5.00. The van der Waals surface area contributed by atoms with Gasteiger partial charge in [0.15, 0.2) is 0 Å². The van der Waals surface area contributed by atoms with E-state index in [9.17, 15) is 17.6 Å². The molecule has 0 aliphatic carbocycles. The Kier molecular flexibility index (Phi) is 5.82. The summed E-state index contributed by atoms with van der Waals surface area (Å²) in [6, 6.07) is -0.307. The maximum atomic E-state index is 12.4. The minimum atomic E-state index is -4.09. The smallest absolute Gasteiger partial charge is 0.330 e. The minimum absolute atomic E-state index is 0.103. The van der Waals surface area contributed by atoms with Crippen LogP contribution in [0.2, 0.25) is 0 Å². The molecule has 0 aromatic heterocycles. The van der Waals surface area contributed by atoms with Crippen LogP contribution in [0.1, 0.15) is 6.92 Å². The van der Waals surface area contributed by atoms with E-state index in [2.05, 4.69) is 16.6 Å². The summed E-state index contributed by atoms with van der Waals surface area (Å²) >= 11 is 0. The normalized spacial score (nSPS) is 14.3. The average Bonchev–Trinajstić information content (AvgIpc) is 2.11. The van der Waals surface area contributed by atoms with Crippen LogP contribution in [0.15, 0.2) is 12.2 Å². The first kappa shape index (κ1) is 14.4. The molecule has 1 unspecified atom stereocenters.